The zero-order chi connectivity index (χ0) is 15.7. The number of nitrogen functional groups attached to an aromatic ring is 1. The summed E-state index contributed by atoms with van der Waals surface area (Å²) in [6, 6.07) is 5.79. The lowest BCUT2D eigenvalue weighted by Gasteiger charge is -2.15. The number of thiophene rings is 1. The van der Waals surface area contributed by atoms with Crippen LogP contribution in [0.2, 0.25) is 0 Å². The maximum absolute atomic E-state index is 12.2. The Morgan fingerprint density at radius 3 is 2.86 bits per heavy atom. The molecule has 4 N–H and O–H groups in total. The Hall–Kier alpha value is -2.14. The van der Waals surface area contributed by atoms with E-state index in [0.717, 1.165) is 16.7 Å². The van der Waals surface area contributed by atoms with Crippen LogP contribution < -0.4 is 11.1 Å². The highest BCUT2D eigenvalue weighted by Gasteiger charge is 2.27. The predicted molar refractivity (Wildman–Crippen MR) is 90.9 cm³/mol. The summed E-state index contributed by atoms with van der Waals surface area (Å²) in [6.07, 6.45) is 3.64. The van der Waals surface area contributed by atoms with Crippen molar-refractivity contribution in [3.63, 3.8) is 0 Å². The van der Waals surface area contributed by atoms with Crippen LogP contribution in [0.1, 0.15) is 50.7 Å². The molecule has 2 aromatic rings. The van der Waals surface area contributed by atoms with Crippen LogP contribution in [0, 0.1) is 12.3 Å². The third-order valence-electron chi connectivity index (χ3n) is 3.97. The van der Waals surface area contributed by atoms with Crippen molar-refractivity contribution in [2.75, 3.05) is 5.73 Å². The Kier molecular flexibility index (Phi) is 3.98. The second kappa shape index (κ2) is 5.93. The Morgan fingerprint density at radius 2 is 2.27 bits per heavy atom. The van der Waals surface area contributed by atoms with Crippen LogP contribution in [0.15, 0.2) is 23.6 Å². The van der Waals surface area contributed by atoms with Crippen LogP contribution in [0.3, 0.4) is 0 Å². The van der Waals surface area contributed by atoms with Gasteiger partial charge >= 0.3 is 0 Å². The van der Waals surface area contributed by atoms with Crippen LogP contribution in [-0.4, -0.2) is 12.1 Å². The van der Waals surface area contributed by atoms with Gasteiger partial charge in [0.05, 0.1) is 4.88 Å². The predicted octanol–water partition coefficient (Wildman–Crippen LogP) is 3.44. The van der Waals surface area contributed by atoms with Gasteiger partial charge in [-0.05, 0) is 59.9 Å². The number of anilines is 1. The largest absolute Gasteiger partial charge is 0.398 e. The molecule has 3 rings (SSSR count). The van der Waals surface area contributed by atoms with Gasteiger partial charge in [0.15, 0.2) is 0 Å². The number of hydrogen-bond donors (Lipinski definition) is 3. The number of carbonyl (C=O) groups is 1. The van der Waals surface area contributed by atoms with E-state index in [9.17, 15) is 4.79 Å². The lowest BCUT2D eigenvalue weighted by molar-refractivity contribution is 0.0955. The first-order valence-corrected chi connectivity index (χ1v) is 8.23. The van der Waals surface area contributed by atoms with E-state index in [-0.39, 0.29) is 5.91 Å². The van der Waals surface area contributed by atoms with E-state index >= 15 is 0 Å². The number of nitrogens with two attached hydrogens (primary N) is 1. The van der Waals surface area contributed by atoms with Crippen molar-refractivity contribution in [2.24, 2.45) is 0 Å². The first-order valence-electron chi connectivity index (χ1n) is 7.35. The van der Waals surface area contributed by atoms with Crippen molar-refractivity contribution < 1.29 is 4.79 Å². The fourth-order valence-electron chi connectivity index (χ4n) is 2.65. The van der Waals surface area contributed by atoms with Crippen molar-refractivity contribution in [3.8, 4) is 0 Å². The molecule has 0 saturated heterocycles. The van der Waals surface area contributed by atoms with Crippen LogP contribution >= 0.6 is 11.3 Å². The van der Waals surface area contributed by atoms with E-state index in [1.807, 2.05) is 30.5 Å². The van der Waals surface area contributed by atoms with Crippen LogP contribution in [0.4, 0.5) is 5.69 Å². The second-order valence-corrected chi connectivity index (χ2v) is 6.64. The summed E-state index contributed by atoms with van der Waals surface area (Å²) in [6.45, 7) is 2.39. The lowest BCUT2D eigenvalue weighted by atomic mass is 9.96. The SMILES string of the molecule is Cc1csc(C(=O)NCc2c(C3CC3)ccc(N)c2C=N)c1. The Morgan fingerprint density at radius 1 is 1.50 bits per heavy atom. The average Bonchev–Trinajstić information content (AvgIpc) is 3.25. The number of amides is 1. The summed E-state index contributed by atoms with van der Waals surface area (Å²) >= 11 is 1.45. The van der Waals surface area contributed by atoms with Crippen molar-refractivity contribution in [1.82, 2.24) is 5.32 Å². The van der Waals surface area contributed by atoms with Crippen molar-refractivity contribution in [1.29, 1.82) is 5.41 Å². The molecular weight excluding hydrogens is 294 g/mol. The molecule has 1 fully saturated rings. The van der Waals surface area contributed by atoms with Crippen molar-refractivity contribution in [3.05, 3.63) is 50.7 Å². The molecule has 1 aliphatic rings. The molecule has 5 heteroatoms. The second-order valence-electron chi connectivity index (χ2n) is 5.73. The molecule has 1 amide bonds. The quantitative estimate of drug-likeness (QED) is 0.584. The summed E-state index contributed by atoms with van der Waals surface area (Å²) < 4.78 is 0. The van der Waals surface area contributed by atoms with E-state index in [1.165, 1.54) is 36.0 Å². The third-order valence-corrected chi connectivity index (χ3v) is 5.02. The number of aryl methyl sites for hydroxylation is 1. The maximum Gasteiger partial charge on any atom is 0.261 e. The summed E-state index contributed by atoms with van der Waals surface area (Å²) in [4.78, 5) is 12.9. The fraction of sp³-hybridized carbons (Fsp3) is 0.294. The monoisotopic (exact) mass is 313 g/mol. The van der Waals surface area contributed by atoms with Gasteiger partial charge in [0.2, 0.25) is 0 Å². The number of benzene rings is 1. The van der Waals surface area contributed by atoms with Gasteiger partial charge in [0.1, 0.15) is 0 Å². The lowest BCUT2D eigenvalue weighted by Crippen LogP contribution is -2.23. The van der Waals surface area contributed by atoms with Crippen LogP contribution in [0.5, 0.6) is 0 Å². The minimum absolute atomic E-state index is 0.0711. The number of nitrogens with one attached hydrogen (secondary N) is 2. The molecule has 0 unspecified atom stereocenters. The van der Waals surface area contributed by atoms with E-state index < -0.39 is 0 Å². The van der Waals surface area contributed by atoms with Gasteiger partial charge in [-0.25, -0.2) is 0 Å². The molecule has 1 aromatic carbocycles. The third kappa shape index (κ3) is 2.90. The van der Waals surface area contributed by atoms with Gasteiger partial charge in [-0.15, -0.1) is 11.3 Å². The maximum atomic E-state index is 12.2. The molecule has 0 spiro atoms. The van der Waals surface area contributed by atoms with Gasteiger partial charge in [-0.2, -0.15) is 0 Å². The Balaban J connectivity index is 1.83. The highest BCUT2D eigenvalue weighted by atomic mass is 32.1. The van der Waals surface area contributed by atoms with Gasteiger partial charge in [0, 0.05) is 24.0 Å². The minimum Gasteiger partial charge on any atom is -0.398 e. The molecule has 1 saturated carbocycles. The molecule has 0 radical (unpaired) electrons. The average molecular weight is 313 g/mol. The zero-order valence-corrected chi connectivity index (χ0v) is 13.3. The van der Waals surface area contributed by atoms with Gasteiger partial charge in [0.25, 0.3) is 5.91 Å². The van der Waals surface area contributed by atoms with Crippen molar-refractivity contribution >= 4 is 29.1 Å². The molecule has 0 aliphatic heterocycles. The summed E-state index contributed by atoms with van der Waals surface area (Å²) in [5.74, 6) is 0.480. The Labute approximate surface area is 133 Å². The highest BCUT2D eigenvalue weighted by Crippen LogP contribution is 2.43. The van der Waals surface area contributed by atoms with Crippen molar-refractivity contribution in [2.45, 2.75) is 32.2 Å². The fourth-order valence-corrected chi connectivity index (χ4v) is 3.46. The van der Waals surface area contributed by atoms with E-state index in [1.54, 1.807) is 0 Å². The molecular formula is C17H19N3OS. The zero-order valence-electron chi connectivity index (χ0n) is 12.5. The number of hydrogen-bond acceptors (Lipinski definition) is 4. The van der Waals surface area contributed by atoms with Gasteiger partial charge in [-0.3, -0.25) is 4.79 Å². The molecule has 114 valence electrons. The molecule has 4 nitrogen and oxygen atoms in total. The molecule has 1 aromatic heterocycles. The van der Waals surface area contributed by atoms with Gasteiger partial charge < -0.3 is 16.5 Å². The van der Waals surface area contributed by atoms with E-state index in [4.69, 9.17) is 11.1 Å². The molecule has 22 heavy (non-hydrogen) atoms. The summed E-state index contributed by atoms with van der Waals surface area (Å²) in [5, 5.41) is 12.6. The molecule has 1 aliphatic carbocycles. The highest BCUT2D eigenvalue weighted by molar-refractivity contribution is 7.12. The van der Waals surface area contributed by atoms with E-state index in [2.05, 4.69) is 5.32 Å². The van der Waals surface area contributed by atoms with E-state index in [0.29, 0.717) is 23.0 Å². The summed E-state index contributed by atoms with van der Waals surface area (Å²) in [7, 11) is 0. The molecule has 0 bridgehead atoms. The number of carbonyl (C=O) groups excluding carboxylic acids is 1. The summed E-state index contributed by atoms with van der Waals surface area (Å²) in [5.41, 5.74) is 10.6. The van der Waals surface area contributed by atoms with Crippen LogP contribution in [0.25, 0.3) is 0 Å². The standard InChI is InChI=1S/C17H19N3OS/c1-10-6-16(22-9-10)17(21)20-8-14-12(11-2-3-11)4-5-15(19)13(14)7-18/h4-7,9,11,18H,2-3,8,19H2,1H3,(H,20,21). The topological polar surface area (TPSA) is 79.0 Å². The number of rotatable bonds is 5. The smallest absolute Gasteiger partial charge is 0.261 e. The molecule has 0 atom stereocenters. The van der Waals surface area contributed by atoms with Crippen LogP contribution in [-0.2, 0) is 6.54 Å². The Bertz CT molecular complexity index is 732. The normalized spacial score (nSPS) is 13.9. The van der Waals surface area contributed by atoms with Gasteiger partial charge in [-0.1, -0.05) is 6.07 Å². The first-order chi connectivity index (χ1) is 10.6. The first kappa shape index (κ1) is 14.8. The minimum atomic E-state index is -0.0711. The molecule has 1 heterocycles.